The molecule has 1 amide bonds. The number of hydrogen-bond acceptors (Lipinski definition) is 4. The SMILES string of the molecule is C[C@H](OC(=O)[C@]1(C)CC1(Cl)Cl)C(=O)Nc1ccc(C#N)cc1. The average molecular weight is 341 g/mol. The molecule has 5 nitrogen and oxygen atoms in total. The van der Waals surface area contributed by atoms with Crippen molar-refractivity contribution in [3.8, 4) is 6.07 Å². The van der Waals surface area contributed by atoms with Crippen molar-refractivity contribution in [2.45, 2.75) is 30.7 Å². The lowest BCUT2D eigenvalue weighted by molar-refractivity contribution is -0.158. The molecule has 0 unspecified atom stereocenters. The van der Waals surface area contributed by atoms with Crippen LogP contribution in [0.15, 0.2) is 24.3 Å². The summed E-state index contributed by atoms with van der Waals surface area (Å²) in [5.41, 5.74) is 0.0206. The van der Waals surface area contributed by atoms with Crippen LogP contribution < -0.4 is 5.32 Å². The highest BCUT2D eigenvalue weighted by Crippen LogP contribution is 2.64. The molecular formula is C15H14Cl2N2O3. The molecule has 1 aromatic carbocycles. The monoisotopic (exact) mass is 340 g/mol. The van der Waals surface area contributed by atoms with Crippen molar-refractivity contribution in [3.05, 3.63) is 29.8 Å². The fraction of sp³-hybridized carbons (Fsp3) is 0.400. The minimum absolute atomic E-state index is 0.298. The molecule has 1 N–H and O–H groups in total. The molecule has 0 radical (unpaired) electrons. The number of nitrogens with zero attached hydrogens (tertiary/aromatic N) is 1. The molecule has 7 heteroatoms. The van der Waals surface area contributed by atoms with E-state index in [1.165, 1.54) is 6.92 Å². The van der Waals surface area contributed by atoms with Crippen molar-refractivity contribution < 1.29 is 14.3 Å². The number of carbonyl (C=O) groups is 2. The van der Waals surface area contributed by atoms with Gasteiger partial charge in [0.15, 0.2) is 6.10 Å². The van der Waals surface area contributed by atoms with Gasteiger partial charge in [0, 0.05) is 12.1 Å². The molecule has 0 aliphatic heterocycles. The number of benzene rings is 1. The Balaban J connectivity index is 1.92. The normalized spacial score (nSPS) is 23.0. The summed E-state index contributed by atoms with van der Waals surface area (Å²) in [4.78, 5) is 24.0. The van der Waals surface area contributed by atoms with Crippen LogP contribution >= 0.6 is 23.2 Å². The molecule has 116 valence electrons. The van der Waals surface area contributed by atoms with Gasteiger partial charge in [-0.15, -0.1) is 23.2 Å². The summed E-state index contributed by atoms with van der Waals surface area (Å²) in [5.74, 6) is -1.07. The zero-order valence-corrected chi connectivity index (χ0v) is 13.5. The molecule has 0 saturated heterocycles. The number of alkyl halides is 2. The topological polar surface area (TPSA) is 79.2 Å². The second kappa shape index (κ2) is 5.79. The van der Waals surface area contributed by atoms with Crippen LogP contribution in [0.1, 0.15) is 25.8 Å². The number of esters is 1. The Morgan fingerprint density at radius 2 is 1.91 bits per heavy atom. The molecule has 1 aliphatic carbocycles. The van der Waals surface area contributed by atoms with Gasteiger partial charge in [-0.2, -0.15) is 5.26 Å². The van der Waals surface area contributed by atoms with Gasteiger partial charge < -0.3 is 10.1 Å². The number of carbonyl (C=O) groups excluding carboxylic acids is 2. The second-order valence-electron chi connectivity index (χ2n) is 5.44. The van der Waals surface area contributed by atoms with Crippen molar-refractivity contribution >= 4 is 40.8 Å². The summed E-state index contributed by atoms with van der Waals surface area (Å²) in [5, 5.41) is 11.3. The molecular weight excluding hydrogens is 327 g/mol. The van der Waals surface area contributed by atoms with E-state index in [1.807, 2.05) is 6.07 Å². The van der Waals surface area contributed by atoms with Crippen LogP contribution in [0.5, 0.6) is 0 Å². The third kappa shape index (κ3) is 3.18. The van der Waals surface area contributed by atoms with Crippen LogP contribution in [0.3, 0.4) is 0 Å². The fourth-order valence-electron chi connectivity index (χ4n) is 1.84. The first-order chi connectivity index (χ1) is 10.2. The molecule has 1 saturated carbocycles. The Labute approximate surface area is 138 Å². The quantitative estimate of drug-likeness (QED) is 0.674. The van der Waals surface area contributed by atoms with Crippen molar-refractivity contribution in [1.82, 2.24) is 0 Å². The Bertz CT molecular complexity index is 652. The van der Waals surface area contributed by atoms with E-state index >= 15 is 0 Å². The lowest BCUT2D eigenvalue weighted by Gasteiger charge is -2.17. The molecule has 1 fully saturated rings. The summed E-state index contributed by atoms with van der Waals surface area (Å²) in [6, 6.07) is 8.32. The van der Waals surface area contributed by atoms with Crippen LogP contribution in [-0.2, 0) is 14.3 Å². The number of halogens is 2. The highest BCUT2D eigenvalue weighted by molar-refractivity contribution is 6.53. The van der Waals surface area contributed by atoms with E-state index in [1.54, 1.807) is 31.2 Å². The maximum atomic E-state index is 12.0. The number of nitrogens with one attached hydrogen (secondary N) is 1. The molecule has 1 aliphatic rings. The average Bonchev–Trinajstić information content (AvgIpc) is 2.99. The van der Waals surface area contributed by atoms with E-state index in [0.717, 1.165) is 0 Å². The summed E-state index contributed by atoms with van der Waals surface area (Å²) in [7, 11) is 0. The van der Waals surface area contributed by atoms with Gasteiger partial charge in [-0.1, -0.05) is 0 Å². The van der Waals surface area contributed by atoms with Crippen molar-refractivity contribution in [2.75, 3.05) is 5.32 Å². The first kappa shape index (κ1) is 16.6. The zero-order valence-electron chi connectivity index (χ0n) is 12.0. The Hall–Kier alpha value is -1.77. The third-order valence-electron chi connectivity index (χ3n) is 3.64. The smallest absolute Gasteiger partial charge is 0.315 e. The number of ether oxygens (including phenoxy) is 1. The van der Waals surface area contributed by atoms with Gasteiger partial charge in [-0.3, -0.25) is 9.59 Å². The zero-order chi connectivity index (χ0) is 16.5. The first-order valence-electron chi connectivity index (χ1n) is 6.59. The molecule has 22 heavy (non-hydrogen) atoms. The van der Waals surface area contributed by atoms with E-state index in [9.17, 15) is 9.59 Å². The predicted octanol–water partition coefficient (Wildman–Crippen LogP) is 3.01. The van der Waals surface area contributed by atoms with Crippen molar-refractivity contribution in [1.29, 1.82) is 5.26 Å². The number of hydrogen-bond donors (Lipinski definition) is 1. The molecule has 0 bridgehead atoms. The standard InChI is InChI=1S/C15H14Cl2N2O3/c1-9(22-13(21)14(2)8-15(14,16)17)12(20)19-11-5-3-10(7-18)4-6-11/h3-6,9H,8H2,1-2H3,(H,19,20)/t9-,14-/m0/s1. The van der Waals surface area contributed by atoms with E-state index in [4.69, 9.17) is 33.2 Å². The maximum Gasteiger partial charge on any atom is 0.315 e. The van der Waals surface area contributed by atoms with Gasteiger partial charge in [-0.05, 0) is 38.1 Å². The Morgan fingerprint density at radius 3 is 2.36 bits per heavy atom. The van der Waals surface area contributed by atoms with Gasteiger partial charge in [0.05, 0.1) is 11.6 Å². The predicted molar refractivity (Wildman–Crippen MR) is 82.5 cm³/mol. The van der Waals surface area contributed by atoms with Crippen molar-refractivity contribution in [2.24, 2.45) is 5.41 Å². The molecule has 2 atom stereocenters. The third-order valence-corrected chi connectivity index (χ3v) is 4.74. The lowest BCUT2D eigenvalue weighted by atomic mass is 10.1. The Kier molecular flexibility index (Phi) is 4.37. The largest absolute Gasteiger partial charge is 0.452 e. The molecule has 0 heterocycles. The molecule has 2 rings (SSSR count). The first-order valence-corrected chi connectivity index (χ1v) is 7.35. The lowest BCUT2D eigenvalue weighted by Crippen LogP contribution is -2.33. The number of rotatable bonds is 4. The second-order valence-corrected chi connectivity index (χ2v) is 6.92. The molecule has 0 spiro atoms. The van der Waals surface area contributed by atoms with Crippen LogP contribution in [0.2, 0.25) is 0 Å². The van der Waals surface area contributed by atoms with E-state index in [0.29, 0.717) is 17.7 Å². The minimum Gasteiger partial charge on any atom is -0.452 e. The summed E-state index contributed by atoms with van der Waals surface area (Å²) >= 11 is 11.8. The number of amides is 1. The Morgan fingerprint density at radius 1 is 1.36 bits per heavy atom. The summed E-state index contributed by atoms with van der Waals surface area (Å²) < 4.78 is 3.99. The maximum absolute atomic E-state index is 12.0. The highest BCUT2D eigenvalue weighted by Gasteiger charge is 2.69. The number of anilines is 1. The van der Waals surface area contributed by atoms with Crippen LogP contribution in [-0.4, -0.2) is 22.3 Å². The van der Waals surface area contributed by atoms with E-state index < -0.39 is 27.7 Å². The van der Waals surface area contributed by atoms with Gasteiger partial charge in [0.2, 0.25) is 0 Å². The minimum atomic E-state index is -1.13. The van der Waals surface area contributed by atoms with Gasteiger partial charge in [0.25, 0.3) is 5.91 Å². The van der Waals surface area contributed by atoms with Gasteiger partial charge in [-0.25, -0.2) is 0 Å². The van der Waals surface area contributed by atoms with Crippen molar-refractivity contribution in [3.63, 3.8) is 0 Å². The van der Waals surface area contributed by atoms with Crippen LogP contribution in [0, 0.1) is 16.7 Å². The molecule has 0 aromatic heterocycles. The van der Waals surface area contributed by atoms with Crippen LogP contribution in [0.4, 0.5) is 5.69 Å². The number of nitriles is 1. The summed E-state index contributed by atoms with van der Waals surface area (Å²) in [6.07, 6.45) is -0.684. The summed E-state index contributed by atoms with van der Waals surface area (Å²) in [6.45, 7) is 3.06. The van der Waals surface area contributed by atoms with Gasteiger partial charge in [0.1, 0.15) is 9.75 Å². The highest BCUT2D eigenvalue weighted by atomic mass is 35.5. The van der Waals surface area contributed by atoms with Crippen LogP contribution in [0.25, 0.3) is 0 Å². The fourth-order valence-corrected chi connectivity index (χ4v) is 2.53. The molecule has 1 aromatic rings. The van der Waals surface area contributed by atoms with E-state index in [2.05, 4.69) is 5.32 Å². The van der Waals surface area contributed by atoms with E-state index in [-0.39, 0.29) is 0 Å². The van der Waals surface area contributed by atoms with Gasteiger partial charge >= 0.3 is 5.97 Å².